The van der Waals surface area contributed by atoms with E-state index in [1.807, 2.05) is 42.5 Å². The first-order chi connectivity index (χ1) is 14.1. The number of aromatic nitrogens is 1. The molecule has 1 aromatic carbocycles. The molecule has 0 aliphatic heterocycles. The van der Waals surface area contributed by atoms with Gasteiger partial charge in [0, 0.05) is 24.4 Å². The summed E-state index contributed by atoms with van der Waals surface area (Å²) in [5, 5.41) is 9.45. The highest BCUT2D eigenvalue weighted by molar-refractivity contribution is 6.11. The van der Waals surface area contributed by atoms with E-state index in [-0.39, 0.29) is 24.6 Å². The van der Waals surface area contributed by atoms with Gasteiger partial charge in [0.1, 0.15) is 18.2 Å². The number of nitrogens with zero attached hydrogens (tertiary/aromatic N) is 2. The molecule has 29 heavy (non-hydrogen) atoms. The van der Waals surface area contributed by atoms with Crippen molar-refractivity contribution in [1.82, 2.24) is 4.40 Å². The fourth-order valence-corrected chi connectivity index (χ4v) is 3.12. The van der Waals surface area contributed by atoms with Crippen LogP contribution in [0.1, 0.15) is 27.2 Å². The number of hydrogen-bond donors (Lipinski definition) is 0. The van der Waals surface area contributed by atoms with Crippen LogP contribution in [-0.2, 0) is 14.3 Å². The van der Waals surface area contributed by atoms with Gasteiger partial charge in [0.25, 0.3) is 0 Å². The number of benzene rings is 1. The van der Waals surface area contributed by atoms with Gasteiger partial charge >= 0.3 is 5.97 Å². The van der Waals surface area contributed by atoms with Crippen LogP contribution in [0.3, 0.4) is 0 Å². The summed E-state index contributed by atoms with van der Waals surface area (Å²) in [7, 11) is 1.50. The maximum Gasteiger partial charge on any atom is 0.348 e. The maximum atomic E-state index is 13.1. The van der Waals surface area contributed by atoms with Crippen LogP contribution in [0.15, 0.2) is 60.3 Å². The second kappa shape index (κ2) is 9.00. The summed E-state index contributed by atoms with van der Waals surface area (Å²) in [6.45, 7) is 2.11. The largest absolute Gasteiger partial charge is 0.459 e. The topological polar surface area (TPSA) is 80.8 Å². The summed E-state index contributed by atoms with van der Waals surface area (Å²) < 4.78 is 11.7. The Bertz CT molecular complexity index is 1120. The Hall–Kier alpha value is -3.69. The molecule has 146 valence electrons. The Morgan fingerprint density at radius 3 is 2.52 bits per heavy atom. The van der Waals surface area contributed by atoms with E-state index in [2.05, 4.69) is 0 Å². The van der Waals surface area contributed by atoms with Crippen molar-refractivity contribution in [3.63, 3.8) is 0 Å². The van der Waals surface area contributed by atoms with Gasteiger partial charge < -0.3 is 13.9 Å². The molecule has 0 saturated carbocycles. The summed E-state index contributed by atoms with van der Waals surface area (Å²) in [6, 6.07) is 16.4. The Morgan fingerprint density at radius 1 is 1.10 bits per heavy atom. The van der Waals surface area contributed by atoms with Crippen molar-refractivity contribution in [1.29, 1.82) is 5.26 Å². The van der Waals surface area contributed by atoms with Gasteiger partial charge in [0.05, 0.1) is 17.8 Å². The highest BCUT2D eigenvalue weighted by atomic mass is 16.6. The molecule has 2 heterocycles. The number of hydrogen-bond acceptors (Lipinski definition) is 5. The minimum absolute atomic E-state index is 0.0571. The lowest BCUT2D eigenvalue weighted by Gasteiger charge is -2.03. The molecule has 2 aromatic heterocycles. The van der Waals surface area contributed by atoms with E-state index in [0.29, 0.717) is 22.4 Å². The fraction of sp³-hybridized carbons (Fsp3) is 0.174. The summed E-state index contributed by atoms with van der Waals surface area (Å²) in [4.78, 5) is 25.4. The van der Waals surface area contributed by atoms with Gasteiger partial charge in [-0.15, -0.1) is 0 Å². The predicted molar refractivity (Wildman–Crippen MR) is 108 cm³/mol. The molecule has 0 bridgehead atoms. The van der Waals surface area contributed by atoms with Gasteiger partial charge in [-0.3, -0.25) is 4.79 Å². The molecule has 0 aliphatic carbocycles. The third kappa shape index (κ3) is 4.10. The number of nitriles is 1. The average molecular weight is 388 g/mol. The normalized spacial score (nSPS) is 11.3. The first-order valence-corrected chi connectivity index (χ1v) is 9.05. The van der Waals surface area contributed by atoms with E-state index in [4.69, 9.17) is 9.47 Å². The molecule has 0 amide bonds. The molecule has 6 heteroatoms. The van der Waals surface area contributed by atoms with Crippen molar-refractivity contribution in [2.45, 2.75) is 6.92 Å². The second-order valence-electron chi connectivity index (χ2n) is 6.34. The zero-order chi connectivity index (χ0) is 20.8. The molecule has 6 nitrogen and oxygen atoms in total. The molecule has 0 saturated heterocycles. The number of esters is 1. The second-order valence-corrected chi connectivity index (χ2v) is 6.34. The molecule has 0 spiro atoms. The molecule has 0 atom stereocenters. The highest BCUT2D eigenvalue weighted by Gasteiger charge is 2.22. The third-order valence-electron chi connectivity index (χ3n) is 4.54. The van der Waals surface area contributed by atoms with Gasteiger partial charge in [0.15, 0.2) is 0 Å². The molecule has 0 unspecified atom stereocenters. The summed E-state index contributed by atoms with van der Waals surface area (Å²) >= 11 is 0. The lowest BCUT2D eigenvalue weighted by atomic mass is 10.0. The van der Waals surface area contributed by atoms with Crippen LogP contribution in [0, 0.1) is 18.3 Å². The van der Waals surface area contributed by atoms with E-state index in [0.717, 1.165) is 5.52 Å². The number of carbonyl (C=O) groups is 2. The van der Waals surface area contributed by atoms with E-state index in [9.17, 15) is 14.9 Å². The van der Waals surface area contributed by atoms with Crippen molar-refractivity contribution >= 4 is 23.3 Å². The van der Waals surface area contributed by atoms with Crippen LogP contribution >= 0.6 is 0 Å². The average Bonchev–Trinajstić information content (AvgIpc) is 3.03. The number of ketones is 1. The SMILES string of the molecule is COCCOC(=O)/C(C#N)=C/c1c(C)c(C(=O)c2ccccc2)n2ccccc12. The third-order valence-corrected chi connectivity index (χ3v) is 4.54. The number of carbonyl (C=O) groups excluding carboxylic acids is 2. The van der Waals surface area contributed by atoms with E-state index >= 15 is 0 Å². The number of ether oxygens (including phenoxy) is 2. The smallest absolute Gasteiger partial charge is 0.348 e. The minimum atomic E-state index is -0.727. The van der Waals surface area contributed by atoms with Crippen molar-refractivity contribution < 1.29 is 19.1 Å². The van der Waals surface area contributed by atoms with Crippen LogP contribution in [0.2, 0.25) is 0 Å². The first-order valence-electron chi connectivity index (χ1n) is 9.05. The monoisotopic (exact) mass is 388 g/mol. The summed E-state index contributed by atoms with van der Waals surface area (Å²) in [6.07, 6.45) is 3.26. The molecule has 0 fully saturated rings. The van der Waals surface area contributed by atoms with Crippen molar-refractivity contribution in [3.8, 4) is 6.07 Å². The Kier molecular flexibility index (Phi) is 6.22. The minimum Gasteiger partial charge on any atom is -0.459 e. The molecule has 0 radical (unpaired) electrons. The molecule has 0 aliphatic rings. The van der Waals surface area contributed by atoms with Crippen molar-refractivity contribution in [2.75, 3.05) is 20.3 Å². The molecule has 3 rings (SSSR count). The van der Waals surface area contributed by atoms with Crippen LogP contribution in [-0.4, -0.2) is 36.5 Å². The van der Waals surface area contributed by atoms with Gasteiger partial charge in [-0.05, 0) is 30.7 Å². The van der Waals surface area contributed by atoms with Crippen molar-refractivity contribution in [2.24, 2.45) is 0 Å². The Labute approximate surface area is 168 Å². The van der Waals surface area contributed by atoms with E-state index in [1.165, 1.54) is 13.2 Å². The summed E-state index contributed by atoms with van der Waals surface area (Å²) in [5.41, 5.74) is 2.95. The maximum absolute atomic E-state index is 13.1. The van der Waals surface area contributed by atoms with E-state index in [1.54, 1.807) is 29.7 Å². The van der Waals surface area contributed by atoms with Crippen molar-refractivity contribution in [3.05, 3.63) is 82.7 Å². The number of rotatable bonds is 7. The number of methoxy groups -OCH3 is 1. The molecular formula is C23H20N2O4. The van der Waals surface area contributed by atoms with Crippen LogP contribution < -0.4 is 0 Å². The van der Waals surface area contributed by atoms with Gasteiger partial charge in [-0.1, -0.05) is 36.4 Å². The number of fused-ring (bicyclic) bond motifs is 1. The van der Waals surface area contributed by atoms with Gasteiger partial charge in [-0.2, -0.15) is 5.26 Å². The Morgan fingerprint density at radius 2 is 1.83 bits per heavy atom. The fourth-order valence-electron chi connectivity index (χ4n) is 3.12. The molecule has 3 aromatic rings. The lowest BCUT2D eigenvalue weighted by Crippen LogP contribution is -2.11. The standard InChI is InChI=1S/C23H20N2O4/c1-16-19(14-18(15-24)23(27)29-13-12-28-2)20-10-6-7-11-25(20)21(16)22(26)17-8-4-3-5-9-17/h3-11,14H,12-13H2,1-2H3/b18-14+. The Balaban J connectivity index is 2.10. The molecular weight excluding hydrogens is 368 g/mol. The molecule has 0 N–H and O–H groups in total. The van der Waals surface area contributed by atoms with E-state index < -0.39 is 5.97 Å². The zero-order valence-electron chi connectivity index (χ0n) is 16.2. The summed E-state index contributed by atoms with van der Waals surface area (Å²) in [5.74, 6) is -0.861. The highest BCUT2D eigenvalue weighted by Crippen LogP contribution is 2.27. The predicted octanol–water partition coefficient (Wildman–Crippen LogP) is 3.58. The van der Waals surface area contributed by atoms with Gasteiger partial charge in [0.2, 0.25) is 5.78 Å². The lowest BCUT2D eigenvalue weighted by molar-refractivity contribution is -0.139. The number of pyridine rings is 1. The first kappa shape index (κ1) is 20.1. The quantitative estimate of drug-likeness (QED) is 0.203. The van der Waals surface area contributed by atoms with Gasteiger partial charge in [-0.25, -0.2) is 4.79 Å². The van der Waals surface area contributed by atoms with Crippen LogP contribution in [0.25, 0.3) is 11.6 Å². The van der Waals surface area contributed by atoms with Crippen LogP contribution in [0.5, 0.6) is 0 Å². The zero-order valence-corrected chi connectivity index (χ0v) is 16.2. The van der Waals surface area contributed by atoms with Crippen LogP contribution in [0.4, 0.5) is 0 Å².